The molecule has 5 heteroatoms. The number of aliphatic hydroxyl groups is 4. The third-order valence-corrected chi connectivity index (χ3v) is 2.79. The summed E-state index contributed by atoms with van der Waals surface area (Å²) in [6.07, 6.45) is -3.37. The Balaban J connectivity index is 2.19. The van der Waals surface area contributed by atoms with Crippen molar-refractivity contribution in [2.45, 2.75) is 42.9 Å². The average molecular weight is 175 g/mol. The maximum Gasteiger partial charge on any atom is 0.0993 e. The van der Waals surface area contributed by atoms with E-state index in [9.17, 15) is 20.4 Å². The zero-order valence-corrected chi connectivity index (χ0v) is 6.46. The largest absolute Gasteiger partial charge is 0.390 e. The highest BCUT2D eigenvalue weighted by Gasteiger charge is 2.50. The number of hydrogen-bond donors (Lipinski definition) is 5. The van der Waals surface area contributed by atoms with Crippen LogP contribution >= 0.6 is 0 Å². The van der Waals surface area contributed by atoms with E-state index >= 15 is 0 Å². The molecule has 2 aliphatic heterocycles. The van der Waals surface area contributed by atoms with Crippen LogP contribution in [0.3, 0.4) is 0 Å². The molecule has 0 aromatic heterocycles. The molecule has 2 saturated heterocycles. The Labute approximate surface area is 69.6 Å². The highest BCUT2D eigenvalue weighted by molar-refractivity contribution is 5.07. The molecule has 0 spiro atoms. The van der Waals surface area contributed by atoms with Crippen molar-refractivity contribution >= 4 is 0 Å². The molecule has 6 atom stereocenters. The minimum Gasteiger partial charge on any atom is -0.390 e. The molecule has 5 N–H and O–H groups in total. The minimum atomic E-state index is -0.978. The van der Waals surface area contributed by atoms with Crippen LogP contribution in [0.1, 0.15) is 6.42 Å². The number of fused-ring (bicyclic) bond motifs is 2. The van der Waals surface area contributed by atoms with E-state index in [2.05, 4.69) is 5.32 Å². The lowest BCUT2D eigenvalue weighted by molar-refractivity contribution is -0.0417. The topological polar surface area (TPSA) is 93.0 Å². The van der Waals surface area contributed by atoms with Gasteiger partial charge in [0.05, 0.1) is 30.5 Å². The smallest absolute Gasteiger partial charge is 0.0993 e. The fraction of sp³-hybridized carbons (Fsp3) is 1.00. The van der Waals surface area contributed by atoms with Crippen LogP contribution in [0.4, 0.5) is 0 Å². The highest BCUT2D eigenvalue weighted by Crippen LogP contribution is 2.27. The van der Waals surface area contributed by atoms with Crippen molar-refractivity contribution < 1.29 is 20.4 Å². The summed E-state index contributed by atoms with van der Waals surface area (Å²) < 4.78 is 0. The van der Waals surface area contributed by atoms with E-state index in [0.717, 1.165) is 0 Å². The second-order valence-electron chi connectivity index (χ2n) is 3.57. The average Bonchev–Trinajstić information content (AvgIpc) is 2.28. The van der Waals surface area contributed by atoms with Gasteiger partial charge in [-0.25, -0.2) is 0 Å². The van der Waals surface area contributed by atoms with E-state index in [4.69, 9.17) is 0 Å². The SMILES string of the molecule is OC1CC2NC(C1O)C(O)C2O. The van der Waals surface area contributed by atoms with Crippen LogP contribution in [0.25, 0.3) is 0 Å². The summed E-state index contributed by atoms with van der Waals surface area (Å²) in [6.45, 7) is 0. The molecule has 12 heavy (non-hydrogen) atoms. The third-order valence-electron chi connectivity index (χ3n) is 2.79. The first-order valence-corrected chi connectivity index (χ1v) is 4.09. The standard InChI is InChI=1S/C7H13NO4/c9-3-1-2-5(10)7(12)4(8-2)6(3)11/h2-12H,1H2. The molecule has 0 radical (unpaired) electrons. The fourth-order valence-electron chi connectivity index (χ4n) is 2.04. The van der Waals surface area contributed by atoms with Crippen LogP contribution in [0.5, 0.6) is 0 Å². The molecule has 2 rings (SSSR count). The molecule has 5 nitrogen and oxygen atoms in total. The van der Waals surface area contributed by atoms with E-state index < -0.39 is 30.5 Å². The summed E-state index contributed by atoms with van der Waals surface area (Å²) in [5.74, 6) is 0. The summed E-state index contributed by atoms with van der Waals surface area (Å²) in [5.41, 5.74) is 0. The van der Waals surface area contributed by atoms with Gasteiger partial charge in [-0.05, 0) is 6.42 Å². The van der Waals surface area contributed by atoms with Crippen molar-refractivity contribution in [1.29, 1.82) is 0 Å². The Bertz CT molecular complexity index is 180. The predicted molar refractivity (Wildman–Crippen MR) is 39.4 cm³/mol. The molecular formula is C7H13NO4. The van der Waals surface area contributed by atoms with Gasteiger partial charge in [0, 0.05) is 6.04 Å². The minimum absolute atomic E-state index is 0.288. The van der Waals surface area contributed by atoms with Crippen LogP contribution in [0.15, 0.2) is 0 Å². The van der Waals surface area contributed by atoms with Gasteiger partial charge >= 0.3 is 0 Å². The summed E-state index contributed by atoms with van der Waals surface area (Å²) in [5, 5.41) is 40.3. The molecule has 0 saturated carbocycles. The van der Waals surface area contributed by atoms with Gasteiger partial charge < -0.3 is 25.7 Å². The van der Waals surface area contributed by atoms with E-state index in [1.165, 1.54) is 0 Å². The molecule has 70 valence electrons. The number of rotatable bonds is 0. The maximum absolute atomic E-state index is 9.37. The number of hydrogen-bond acceptors (Lipinski definition) is 5. The molecule has 0 aliphatic carbocycles. The lowest BCUT2D eigenvalue weighted by Gasteiger charge is -2.30. The van der Waals surface area contributed by atoms with Gasteiger partial charge in [-0.1, -0.05) is 0 Å². The van der Waals surface area contributed by atoms with Gasteiger partial charge in [0.2, 0.25) is 0 Å². The Hall–Kier alpha value is -0.200. The maximum atomic E-state index is 9.37. The van der Waals surface area contributed by atoms with Crippen molar-refractivity contribution in [3.63, 3.8) is 0 Å². The fourth-order valence-corrected chi connectivity index (χ4v) is 2.04. The molecule has 0 aromatic carbocycles. The lowest BCUT2D eigenvalue weighted by atomic mass is 9.99. The zero-order valence-electron chi connectivity index (χ0n) is 6.46. The van der Waals surface area contributed by atoms with Gasteiger partial charge in [0.15, 0.2) is 0 Å². The van der Waals surface area contributed by atoms with E-state index in [-0.39, 0.29) is 12.5 Å². The Kier molecular flexibility index (Phi) is 1.85. The molecule has 0 amide bonds. The van der Waals surface area contributed by atoms with Crippen LogP contribution < -0.4 is 5.32 Å². The van der Waals surface area contributed by atoms with Gasteiger partial charge in [-0.2, -0.15) is 0 Å². The van der Waals surface area contributed by atoms with Crippen molar-refractivity contribution in [3.8, 4) is 0 Å². The van der Waals surface area contributed by atoms with Gasteiger partial charge in [-0.15, -0.1) is 0 Å². The molecule has 6 unspecified atom stereocenters. The number of aliphatic hydroxyl groups excluding tert-OH is 4. The van der Waals surface area contributed by atoms with Crippen molar-refractivity contribution in [2.24, 2.45) is 0 Å². The highest BCUT2D eigenvalue weighted by atomic mass is 16.4. The zero-order chi connectivity index (χ0) is 8.88. The summed E-state index contributed by atoms with van der Waals surface area (Å²) in [6, 6.07) is -0.878. The molecular weight excluding hydrogens is 162 g/mol. The second-order valence-corrected chi connectivity index (χ2v) is 3.57. The van der Waals surface area contributed by atoms with E-state index in [1.807, 2.05) is 0 Å². The first-order chi connectivity index (χ1) is 5.61. The van der Waals surface area contributed by atoms with Crippen LogP contribution in [-0.2, 0) is 0 Å². The van der Waals surface area contributed by atoms with Gasteiger partial charge in [0.1, 0.15) is 0 Å². The molecule has 2 fully saturated rings. The molecule has 0 aromatic rings. The lowest BCUT2D eigenvalue weighted by Crippen LogP contribution is -2.54. The number of piperidine rings is 1. The first kappa shape index (κ1) is 8.40. The third kappa shape index (κ3) is 0.982. The summed E-state index contributed by atoms with van der Waals surface area (Å²) >= 11 is 0. The molecule has 2 heterocycles. The Morgan fingerprint density at radius 3 is 2.25 bits per heavy atom. The summed E-state index contributed by atoms with van der Waals surface area (Å²) in [4.78, 5) is 0. The van der Waals surface area contributed by atoms with Gasteiger partial charge in [-0.3, -0.25) is 0 Å². The molecule has 2 bridgehead atoms. The number of nitrogens with one attached hydrogen (secondary N) is 1. The van der Waals surface area contributed by atoms with Crippen molar-refractivity contribution in [1.82, 2.24) is 5.32 Å². The van der Waals surface area contributed by atoms with Crippen LogP contribution in [0, 0.1) is 0 Å². The predicted octanol–water partition coefficient (Wildman–Crippen LogP) is -2.83. The van der Waals surface area contributed by atoms with Crippen LogP contribution in [-0.4, -0.2) is 56.9 Å². The van der Waals surface area contributed by atoms with E-state index in [1.54, 1.807) is 0 Å². The van der Waals surface area contributed by atoms with Crippen molar-refractivity contribution in [3.05, 3.63) is 0 Å². The van der Waals surface area contributed by atoms with Gasteiger partial charge in [0.25, 0.3) is 0 Å². The molecule has 2 aliphatic rings. The monoisotopic (exact) mass is 175 g/mol. The normalized spacial score (nSPS) is 59.0. The quantitative estimate of drug-likeness (QED) is 0.274. The Morgan fingerprint density at radius 1 is 0.917 bits per heavy atom. The second kappa shape index (κ2) is 2.65. The van der Waals surface area contributed by atoms with Crippen molar-refractivity contribution in [2.75, 3.05) is 0 Å². The van der Waals surface area contributed by atoms with Crippen LogP contribution in [0.2, 0.25) is 0 Å². The first-order valence-electron chi connectivity index (χ1n) is 4.09. The summed E-state index contributed by atoms with van der Waals surface area (Å²) in [7, 11) is 0. The Morgan fingerprint density at radius 2 is 1.58 bits per heavy atom. The van der Waals surface area contributed by atoms with E-state index in [0.29, 0.717) is 0 Å².